The number of piperazine rings is 1. The third-order valence-corrected chi connectivity index (χ3v) is 6.04. The van der Waals surface area contributed by atoms with Gasteiger partial charge in [-0.2, -0.15) is 11.3 Å². The van der Waals surface area contributed by atoms with Crippen LogP contribution in [0.3, 0.4) is 0 Å². The summed E-state index contributed by atoms with van der Waals surface area (Å²) in [6.45, 7) is 8.42. The SMILES string of the molecule is CC(C)CC1CNC2(CCCC2)CN1CCc1ccsc1. The maximum atomic E-state index is 3.93. The monoisotopic (exact) mass is 306 g/mol. The van der Waals surface area contributed by atoms with Crippen LogP contribution in [0.5, 0.6) is 0 Å². The lowest BCUT2D eigenvalue weighted by Crippen LogP contribution is -2.63. The molecule has 0 radical (unpaired) electrons. The summed E-state index contributed by atoms with van der Waals surface area (Å²) < 4.78 is 0. The van der Waals surface area contributed by atoms with Gasteiger partial charge in [-0.3, -0.25) is 4.90 Å². The summed E-state index contributed by atoms with van der Waals surface area (Å²) in [5, 5.41) is 8.45. The van der Waals surface area contributed by atoms with E-state index >= 15 is 0 Å². The second-order valence-electron chi connectivity index (χ2n) is 7.50. The third-order valence-electron chi connectivity index (χ3n) is 5.31. The van der Waals surface area contributed by atoms with Crippen LogP contribution in [0.25, 0.3) is 0 Å². The van der Waals surface area contributed by atoms with Crippen molar-refractivity contribution in [2.24, 2.45) is 5.92 Å². The predicted molar refractivity (Wildman–Crippen MR) is 92.0 cm³/mol. The standard InChI is InChI=1S/C18H30N2S/c1-15(2)11-17-12-19-18(7-3-4-8-18)14-20(17)9-5-16-6-10-21-13-16/h6,10,13,15,17,19H,3-5,7-9,11-12,14H2,1-2H3. The molecule has 1 aliphatic heterocycles. The molecule has 1 aromatic rings. The largest absolute Gasteiger partial charge is 0.308 e. The zero-order valence-electron chi connectivity index (χ0n) is 13.6. The summed E-state index contributed by atoms with van der Waals surface area (Å²) in [6, 6.07) is 3.02. The number of hydrogen-bond donors (Lipinski definition) is 1. The molecule has 2 fully saturated rings. The number of thiophene rings is 1. The van der Waals surface area contributed by atoms with Crippen molar-refractivity contribution < 1.29 is 0 Å². The summed E-state index contributed by atoms with van der Waals surface area (Å²) in [7, 11) is 0. The van der Waals surface area contributed by atoms with Crippen LogP contribution < -0.4 is 5.32 Å². The summed E-state index contributed by atoms with van der Waals surface area (Å²) >= 11 is 1.83. The topological polar surface area (TPSA) is 15.3 Å². The highest BCUT2D eigenvalue weighted by Crippen LogP contribution is 2.34. The molecule has 3 rings (SSSR count). The Morgan fingerprint density at radius 1 is 1.38 bits per heavy atom. The Morgan fingerprint density at radius 3 is 2.86 bits per heavy atom. The second kappa shape index (κ2) is 6.80. The van der Waals surface area contributed by atoms with Crippen LogP contribution in [0, 0.1) is 5.92 Å². The Bertz CT molecular complexity index is 420. The van der Waals surface area contributed by atoms with Crippen molar-refractivity contribution in [2.45, 2.75) is 64.0 Å². The average molecular weight is 307 g/mol. The van der Waals surface area contributed by atoms with E-state index in [0.29, 0.717) is 5.54 Å². The van der Waals surface area contributed by atoms with E-state index in [-0.39, 0.29) is 0 Å². The summed E-state index contributed by atoms with van der Waals surface area (Å²) in [6.07, 6.45) is 8.15. The Labute approximate surface area is 133 Å². The number of hydrogen-bond acceptors (Lipinski definition) is 3. The quantitative estimate of drug-likeness (QED) is 0.887. The van der Waals surface area contributed by atoms with Gasteiger partial charge < -0.3 is 5.32 Å². The first kappa shape index (κ1) is 15.5. The fourth-order valence-electron chi connectivity index (χ4n) is 4.17. The number of nitrogens with zero attached hydrogens (tertiary/aromatic N) is 1. The van der Waals surface area contributed by atoms with E-state index in [2.05, 4.69) is 40.9 Å². The van der Waals surface area contributed by atoms with Crippen molar-refractivity contribution in [1.82, 2.24) is 10.2 Å². The van der Waals surface area contributed by atoms with Crippen molar-refractivity contribution in [1.29, 1.82) is 0 Å². The van der Waals surface area contributed by atoms with Gasteiger partial charge in [0.05, 0.1) is 0 Å². The number of rotatable bonds is 5. The van der Waals surface area contributed by atoms with Gasteiger partial charge in [-0.15, -0.1) is 0 Å². The van der Waals surface area contributed by atoms with Crippen LogP contribution in [-0.4, -0.2) is 36.1 Å². The fourth-order valence-corrected chi connectivity index (χ4v) is 4.87. The normalized spacial score (nSPS) is 26.0. The van der Waals surface area contributed by atoms with Gasteiger partial charge in [0.25, 0.3) is 0 Å². The first-order valence-corrected chi connectivity index (χ1v) is 9.61. The van der Waals surface area contributed by atoms with Gasteiger partial charge >= 0.3 is 0 Å². The molecule has 1 unspecified atom stereocenters. The van der Waals surface area contributed by atoms with Gasteiger partial charge in [0, 0.05) is 31.2 Å². The first-order chi connectivity index (χ1) is 10.2. The first-order valence-electron chi connectivity index (χ1n) is 8.67. The molecule has 3 heteroatoms. The molecule has 2 nitrogen and oxygen atoms in total. The molecule has 2 heterocycles. The van der Waals surface area contributed by atoms with E-state index in [1.54, 1.807) is 0 Å². The Kier molecular flexibility index (Phi) is 5.03. The van der Waals surface area contributed by atoms with E-state index in [4.69, 9.17) is 0 Å². The Balaban J connectivity index is 1.63. The smallest absolute Gasteiger partial charge is 0.0309 e. The van der Waals surface area contributed by atoms with Gasteiger partial charge in [-0.25, -0.2) is 0 Å². The minimum Gasteiger partial charge on any atom is -0.308 e. The van der Waals surface area contributed by atoms with Gasteiger partial charge in [-0.05, 0) is 54.0 Å². The van der Waals surface area contributed by atoms with Gasteiger partial charge in [0.15, 0.2) is 0 Å². The van der Waals surface area contributed by atoms with Crippen molar-refractivity contribution in [3.63, 3.8) is 0 Å². The lowest BCUT2D eigenvalue weighted by atomic mass is 9.89. The predicted octanol–water partition coefficient (Wildman–Crippen LogP) is 3.92. The Hall–Kier alpha value is -0.380. The van der Waals surface area contributed by atoms with E-state index in [9.17, 15) is 0 Å². The molecular formula is C18H30N2S. The molecular weight excluding hydrogens is 276 g/mol. The van der Waals surface area contributed by atoms with Gasteiger partial charge in [0.1, 0.15) is 0 Å². The molecule has 1 N–H and O–H groups in total. The molecule has 0 bridgehead atoms. The fraction of sp³-hybridized carbons (Fsp3) is 0.778. The Morgan fingerprint density at radius 2 is 2.19 bits per heavy atom. The molecule has 1 spiro atoms. The maximum absolute atomic E-state index is 3.93. The molecule has 1 saturated heterocycles. The highest BCUT2D eigenvalue weighted by atomic mass is 32.1. The van der Waals surface area contributed by atoms with Crippen LogP contribution in [0.1, 0.15) is 51.5 Å². The van der Waals surface area contributed by atoms with Crippen molar-refractivity contribution in [3.05, 3.63) is 22.4 Å². The van der Waals surface area contributed by atoms with E-state index in [0.717, 1.165) is 12.0 Å². The van der Waals surface area contributed by atoms with Crippen molar-refractivity contribution in [2.75, 3.05) is 19.6 Å². The molecule has 118 valence electrons. The van der Waals surface area contributed by atoms with Crippen LogP contribution in [0.4, 0.5) is 0 Å². The van der Waals surface area contributed by atoms with Crippen LogP contribution in [0.15, 0.2) is 16.8 Å². The van der Waals surface area contributed by atoms with Gasteiger partial charge in [0.2, 0.25) is 0 Å². The molecule has 0 amide bonds. The minimum atomic E-state index is 0.447. The van der Waals surface area contributed by atoms with Crippen molar-refractivity contribution >= 4 is 11.3 Å². The molecule has 1 saturated carbocycles. The average Bonchev–Trinajstić information content (AvgIpc) is 3.11. The lowest BCUT2D eigenvalue weighted by Gasteiger charge is -2.47. The molecule has 1 aliphatic carbocycles. The van der Waals surface area contributed by atoms with Crippen molar-refractivity contribution in [3.8, 4) is 0 Å². The minimum absolute atomic E-state index is 0.447. The summed E-state index contributed by atoms with van der Waals surface area (Å²) in [4.78, 5) is 2.81. The van der Waals surface area contributed by atoms with E-state index in [1.165, 1.54) is 63.7 Å². The van der Waals surface area contributed by atoms with E-state index in [1.807, 2.05) is 11.3 Å². The zero-order chi connectivity index (χ0) is 14.7. The maximum Gasteiger partial charge on any atom is 0.0309 e. The van der Waals surface area contributed by atoms with Crippen LogP contribution >= 0.6 is 11.3 Å². The second-order valence-corrected chi connectivity index (χ2v) is 8.28. The molecule has 21 heavy (non-hydrogen) atoms. The summed E-state index contributed by atoms with van der Waals surface area (Å²) in [5.74, 6) is 0.790. The highest BCUT2D eigenvalue weighted by Gasteiger charge is 2.40. The molecule has 1 atom stereocenters. The third kappa shape index (κ3) is 3.88. The van der Waals surface area contributed by atoms with E-state index < -0.39 is 0 Å². The molecule has 1 aromatic heterocycles. The highest BCUT2D eigenvalue weighted by molar-refractivity contribution is 7.07. The van der Waals surface area contributed by atoms with Crippen LogP contribution in [-0.2, 0) is 6.42 Å². The number of nitrogens with one attached hydrogen (secondary N) is 1. The lowest BCUT2D eigenvalue weighted by molar-refractivity contribution is 0.0704. The van der Waals surface area contributed by atoms with Crippen LogP contribution in [0.2, 0.25) is 0 Å². The van der Waals surface area contributed by atoms with Gasteiger partial charge in [-0.1, -0.05) is 26.7 Å². The molecule has 0 aromatic carbocycles. The zero-order valence-corrected chi connectivity index (χ0v) is 14.4. The molecule has 2 aliphatic rings. The summed E-state index contributed by atoms with van der Waals surface area (Å²) in [5.41, 5.74) is 1.96.